The molecule has 2 heterocycles. The summed E-state index contributed by atoms with van der Waals surface area (Å²) in [6.45, 7) is 7.89. The molecule has 4 unspecified atom stereocenters. The minimum absolute atomic E-state index is 0.191. The van der Waals surface area contributed by atoms with Gasteiger partial charge in [-0.05, 0) is 32.6 Å². The van der Waals surface area contributed by atoms with Crippen LogP contribution in [0.15, 0.2) is 0 Å². The number of carboxylic acid groups (broad SMARTS) is 1. The molecule has 4 atom stereocenters. The number of rotatable bonds is 2. The summed E-state index contributed by atoms with van der Waals surface area (Å²) in [7, 11) is 0. The predicted octanol–water partition coefficient (Wildman–Crippen LogP) is 1.59. The first-order valence-corrected chi connectivity index (χ1v) is 6.59. The Labute approximate surface area is 103 Å². The Kier molecular flexibility index (Phi) is 3.73. The van der Waals surface area contributed by atoms with Gasteiger partial charge in [0.2, 0.25) is 0 Å². The van der Waals surface area contributed by atoms with Crippen LogP contribution in [0.25, 0.3) is 0 Å². The van der Waals surface area contributed by atoms with Gasteiger partial charge in [-0.3, -0.25) is 9.69 Å². The molecule has 0 aromatic rings. The van der Waals surface area contributed by atoms with E-state index in [2.05, 4.69) is 18.7 Å². The van der Waals surface area contributed by atoms with Gasteiger partial charge in [0.1, 0.15) is 0 Å². The van der Waals surface area contributed by atoms with Crippen molar-refractivity contribution in [2.45, 2.75) is 51.9 Å². The largest absolute Gasteiger partial charge is 0.481 e. The van der Waals surface area contributed by atoms with Crippen molar-refractivity contribution in [1.82, 2.24) is 4.90 Å². The Morgan fingerprint density at radius 3 is 2.24 bits per heavy atom. The number of nitrogens with zero attached hydrogens (tertiary/aromatic N) is 1. The highest BCUT2D eigenvalue weighted by Gasteiger charge is 2.39. The first-order valence-electron chi connectivity index (χ1n) is 6.59. The van der Waals surface area contributed by atoms with Crippen molar-refractivity contribution >= 4 is 5.97 Å². The maximum absolute atomic E-state index is 11.1. The summed E-state index contributed by atoms with van der Waals surface area (Å²) < 4.78 is 5.73. The van der Waals surface area contributed by atoms with Crippen molar-refractivity contribution in [2.24, 2.45) is 11.8 Å². The summed E-state index contributed by atoms with van der Waals surface area (Å²) in [5.41, 5.74) is 0. The van der Waals surface area contributed by atoms with Crippen molar-refractivity contribution in [3.05, 3.63) is 0 Å². The molecule has 2 aliphatic rings. The molecule has 2 rings (SSSR count). The highest BCUT2D eigenvalue weighted by atomic mass is 16.5. The van der Waals surface area contributed by atoms with E-state index in [-0.39, 0.29) is 11.8 Å². The zero-order valence-electron chi connectivity index (χ0n) is 10.9. The SMILES string of the molecule is CC1CC(N2CC(C)C(C(=O)O)C2)CC(C)O1. The van der Waals surface area contributed by atoms with Crippen molar-refractivity contribution in [3.63, 3.8) is 0 Å². The predicted molar refractivity (Wildman–Crippen MR) is 64.9 cm³/mol. The minimum atomic E-state index is -0.645. The molecule has 0 aromatic carbocycles. The summed E-state index contributed by atoms with van der Waals surface area (Å²) in [5, 5.41) is 9.15. The zero-order valence-corrected chi connectivity index (χ0v) is 10.9. The summed E-state index contributed by atoms with van der Waals surface area (Å²) in [6.07, 6.45) is 2.65. The fourth-order valence-corrected chi connectivity index (χ4v) is 3.29. The van der Waals surface area contributed by atoms with Crippen LogP contribution in [0, 0.1) is 11.8 Å². The average Bonchev–Trinajstić information content (AvgIpc) is 2.59. The highest BCUT2D eigenvalue weighted by molar-refractivity contribution is 5.71. The van der Waals surface area contributed by atoms with Crippen LogP contribution in [-0.4, -0.2) is 47.3 Å². The third-order valence-electron chi connectivity index (χ3n) is 4.15. The molecule has 1 N–H and O–H groups in total. The van der Waals surface area contributed by atoms with Crippen LogP contribution in [0.5, 0.6) is 0 Å². The summed E-state index contributed by atoms with van der Waals surface area (Å²) in [6, 6.07) is 0.501. The van der Waals surface area contributed by atoms with Crippen LogP contribution in [0.2, 0.25) is 0 Å². The van der Waals surface area contributed by atoms with Gasteiger partial charge in [-0.15, -0.1) is 0 Å². The summed E-state index contributed by atoms with van der Waals surface area (Å²) >= 11 is 0. The average molecular weight is 241 g/mol. The molecular formula is C13H23NO3. The van der Waals surface area contributed by atoms with E-state index in [1.165, 1.54) is 0 Å². The Morgan fingerprint density at radius 2 is 1.76 bits per heavy atom. The van der Waals surface area contributed by atoms with Gasteiger partial charge in [0.15, 0.2) is 0 Å². The first-order chi connectivity index (χ1) is 7.97. The number of hydrogen-bond donors (Lipinski definition) is 1. The van der Waals surface area contributed by atoms with Crippen molar-refractivity contribution in [2.75, 3.05) is 13.1 Å². The standard InChI is InChI=1S/C13H23NO3/c1-8-6-14(7-12(8)13(15)16)11-4-9(2)17-10(3)5-11/h8-12H,4-7H2,1-3H3,(H,15,16). The fraction of sp³-hybridized carbons (Fsp3) is 0.923. The van der Waals surface area contributed by atoms with Gasteiger partial charge in [0.05, 0.1) is 18.1 Å². The van der Waals surface area contributed by atoms with Gasteiger partial charge in [0.25, 0.3) is 0 Å². The smallest absolute Gasteiger partial charge is 0.308 e. The molecule has 0 aliphatic carbocycles. The second-order valence-electron chi connectivity index (χ2n) is 5.76. The van der Waals surface area contributed by atoms with Gasteiger partial charge in [-0.2, -0.15) is 0 Å². The normalized spacial score (nSPS) is 43.8. The topological polar surface area (TPSA) is 49.8 Å². The molecule has 0 radical (unpaired) electrons. The molecule has 0 saturated carbocycles. The minimum Gasteiger partial charge on any atom is -0.481 e. The molecule has 2 aliphatic heterocycles. The lowest BCUT2D eigenvalue weighted by atomic mass is 9.98. The van der Waals surface area contributed by atoms with Gasteiger partial charge in [0, 0.05) is 19.1 Å². The monoisotopic (exact) mass is 241 g/mol. The molecule has 0 bridgehead atoms. The van der Waals surface area contributed by atoms with E-state index in [4.69, 9.17) is 9.84 Å². The number of hydrogen-bond acceptors (Lipinski definition) is 3. The summed E-state index contributed by atoms with van der Waals surface area (Å²) in [5.74, 6) is -0.572. The Morgan fingerprint density at radius 1 is 1.18 bits per heavy atom. The Bertz CT molecular complexity index is 284. The van der Waals surface area contributed by atoms with E-state index in [0.717, 1.165) is 19.4 Å². The number of ether oxygens (including phenoxy) is 1. The van der Waals surface area contributed by atoms with E-state index in [0.29, 0.717) is 24.8 Å². The molecule has 0 aromatic heterocycles. The third kappa shape index (κ3) is 2.80. The lowest BCUT2D eigenvalue weighted by Gasteiger charge is -2.37. The van der Waals surface area contributed by atoms with Gasteiger partial charge in [-0.1, -0.05) is 6.92 Å². The molecule has 4 heteroatoms. The van der Waals surface area contributed by atoms with Crippen LogP contribution >= 0.6 is 0 Å². The lowest BCUT2D eigenvalue weighted by molar-refractivity contribution is -0.142. The number of likely N-dealkylation sites (tertiary alicyclic amines) is 1. The molecule has 0 amide bonds. The Balaban J connectivity index is 1.97. The number of carbonyl (C=O) groups is 1. The van der Waals surface area contributed by atoms with Gasteiger partial charge in [-0.25, -0.2) is 0 Å². The van der Waals surface area contributed by atoms with Crippen molar-refractivity contribution < 1.29 is 14.6 Å². The van der Waals surface area contributed by atoms with Crippen LogP contribution in [-0.2, 0) is 9.53 Å². The second kappa shape index (κ2) is 4.94. The molecule has 2 saturated heterocycles. The van der Waals surface area contributed by atoms with Crippen LogP contribution in [0.3, 0.4) is 0 Å². The van der Waals surface area contributed by atoms with Crippen LogP contribution in [0.1, 0.15) is 33.6 Å². The van der Waals surface area contributed by atoms with E-state index in [1.54, 1.807) is 0 Å². The van der Waals surface area contributed by atoms with E-state index in [9.17, 15) is 4.79 Å². The maximum atomic E-state index is 11.1. The number of aliphatic carboxylic acids is 1. The highest BCUT2D eigenvalue weighted by Crippen LogP contribution is 2.31. The second-order valence-corrected chi connectivity index (χ2v) is 5.76. The van der Waals surface area contributed by atoms with Crippen LogP contribution in [0.4, 0.5) is 0 Å². The molecule has 2 fully saturated rings. The summed E-state index contributed by atoms with van der Waals surface area (Å²) in [4.78, 5) is 13.5. The van der Waals surface area contributed by atoms with E-state index in [1.807, 2.05) is 6.92 Å². The number of carboxylic acids is 1. The van der Waals surface area contributed by atoms with Gasteiger partial charge >= 0.3 is 5.97 Å². The molecule has 0 spiro atoms. The van der Waals surface area contributed by atoms with E-state index < -0.39 is 5.97 Å². The molecule has 4 nitrogen and oxygen atoms in total. The van der Waals surface area contributed by atoms with Crippen molar-refractivity contribution in [1.29, 1.82) is 0 Å². The maximum Gasteiger partial charge on any atom is 0.308 e. The molecular weight excluding hydrogens is 218 g/mol. The Hall–Kier alpha value is -0.610. The fourth-order valence-electron chi connectivity index (χ4n) is 3.29. The molecule has 98 valence electrons. The third-order valence-corrected chi connectivity index (χ3v) is 4.15. The zero-order chi connectivity index (χ0) is 12.6. The lowest BCUT2D eigenvalue weighted by Crippen LogP contribution is -2.43. The quantitative estimate of drug-likeness (QED) is 0.797. The van der Waals surface area contributed by atoms with Crippen molar-refractivity contribution in [3.8, 4) is 0 Å². The molecule has 17 heavy (non-hydrogen) atoms. The van der Waals surface area contributed by atoms with E-state index >= 15 is 0 Å². The van der Waals surface area contributed by atoms with Crippen LogP contribution < -0.4 is 0 Å². The first kappa shape index (κ1) is 12.8. The van der Waals surface area contributed by atoms with Gasteiger partial charge < -0.3 is 9.84 Å².